The maximum Gasteiger partial charge on any atom is 0.325 e. The smallest absolute Gasteiger partial charge is 0.325 e. The van der Waals surface area contributed by atoms with E-state index in [4.69, 9.17) is 5.11 Å². The van der Waals surface area contributed by atoms with Crippen LogP contribution in [0.2, 0.25) is 0 Å². The number of thioether (sulfide) groups is 1. The molecule has 14 heavy (non-hydrogen) atoms. The topological polar surface area (TPSA) is 78.4 Å². The molecular weight excluding hydrogens is 204 g/mol. The van der Waals surface area contributed by atoms with Gasteiger partial charge >= 0.3 is 12.0 Å². The summed E-state index contributed by atoms with van der Waals surface area (Å²) in [6.45, 7) is 1.44. The first kappa shape index (κ1) is 11.2. The lowest BCUT2D eigenvalue weighted by Gasteiger charge is -2.14. The minimum atomic E-state index is -1.03. The zero-order chi connectivity index (χ0) is 10.6. The van der Waals surface area contributed by atoms with Gasteiger partial charge in [0.15, 0.2) is 0 Å². The van der Waals surface area contributed by atoms with E-state index in [-0.39, 0.29) is 6.04 Å². The van der Waals surface area contributed by atoms with E-state index in [2.05, 4.69) is 10.6 Å². The Balaban J connectivity index is 2.24. The Morgan fingerprint density at radius 2 is 2.29 bits per heavy atom. The van der Waals surface area contributed by atoms with Crippen molar-refractivity contribution < 1.29 is 14.7 Å². The number of rotatable bonds is 3. The predicted molar refractivity (Wildman–Crippen MR) is 54.5 cm³/mol. The molecule has 1 rings (SSSR count). The molecule has 0 bridgehead atoms. The van der Waals surface area contributed by atoms with Crippen LogP contribution in [0.5, 0.6) is 0 Å². The van der Waals surface area contributed by atoms with Crippen molar-refractivity contribution in [2.45, 2.75) is 25.4 Å². The number of aliphatic carboxylic acids is 1. The summed E-state index contributed by atoms with van der Waals surface area (Å²) in [5, 5.41) is 13.6. The van der Waals surface area contributed by atoms with Gasteiger partial charge in [-0.25, -0.2) is 4.79 Å². The summed E-state index contributed by atoms with van der Waals surface area (Å²) < 4.78 is 0. The summed E-state index contributed by atoms with van der Waals surface area (Å²) in [6.07, 6.45) is 0.958. The lowest BCUT2D eigenvalue weighted by Crippen LogP contribution is -2.47. The largest absolute Gasteiger partial charge is 0.480 e. The Morgan fingerprint density at radius 3 is 2.79 bits per heavy atom. The Hall–Kier alpha value is -0.910. The number of carbonyl (C=O) groups is 2. The lowest BCUT2D eigenvalue weighted by molar-refractivity contribution is -0.138. The molecule has 0 aromatic rings. The molecule has 3 N–H and O–H groups in total. The third kappa shape index (κ3) is 3.45. The van der Waals surface area contributed by atoms with Crippen LogP contribution in [0.3, 0.4) is 0 Å². The number of amides is 2. The van der Waals surface area contributed by atoms with Gasteiger partial charge in [0.1, 0.15) is 6.04 Å². The standard InChI is InChI=1S/C8H14N2O3S/c1-5(7(11)12)9-8(13)10-6-2-3-14-4-6/h5-6H,2-4H2,1H3,(H,11,12)(H2,9,10,13). The number of urea groups is 1. The fourth-order valence-electron chi connectivity index (χ4n) is 1.13. The summed E-state index contributed by atoms with van der Waals surface area (Å²) in [5.41, 5.74) is 0. The Morgan fingerprint density at radius 1 is 1.57 bits per heavy atom. The molecule has 5 nitrogen and oxygen atoms in total. The quantitative estimate of drug-likeness (QED) is 0.635. The van der Waals surface area contributed by atoms with Crippen LogP contribution in [0.1, 0.15) is 13.3 Å². The number of carbonyl (C=O) groups excluding carboxylic acids is 1. The molecule has 6 heteroatoms. The Labute approximate surface area is 86.6 Å². The van der Waals surface area contributed by atoms with Gasteiger partial charge in [-0.2, -0.15) is 11.8 Å². The number of nitrogens with one attached hydrogen (secondary N) is 2. The number of carboxylic acid groups (broad SMARTS) is 1. The van der Waals surface area contributed by atoms with Crippen LogP contribution in [0, 0.1) is 0 Å². The number of hydrogen-bond donors (Lipinski definition) is 3. The lowest BCUT2D eigenvalue weighted by atomic mass is 10.3. The predicted octanol–water partition coefficient (Wildman–Crippen LogP) is 0.264. The van der Waals surface area contributed by atoms with Crippen molar-refractivity contribution in [2.75, 3.05) is 11.5 Å². The summed E-state index contributed by atoms with van der Waals surface area (Å²) in [5.74, 6) is 0.940. The summed E-state index contributed by atoms with van der Waals surface area (Å²) >= 11 is 1.79. The first-order valence-electron chi connectivity index (χ1n) is 4.47. The van der Waals surface area contributed by atoms with E-state index < -0.39 is 18.0 Å². The molecule has 2 atom stereocenters. The maximum absolute atomic E-state index is 11.2. The van der Waals surface area contributed by atoms with Gasteiger partial charge in [-0.3, -0.25) is 4.79 Å². The van der Waals surface area contributed by atoms with Gasteiger partial charge in [0.05, 0.1) is 0 Å². The monoisotopic (exact) mass is 218 g/mol. The Kier molecular flexibility index (Phi) is 4.06. The second kappa shape index (κ2) is 5.09. The molecule has 1 aliphatic rings. The second-order valence-corrected chi connectivity index (χ2v) is 4.39. The molecule has 1 fully saturated rings. The molecule has 1 saturated heterocycles. The van der Waals surface area contributed by atoms with Crippen molar-refractivity contribution in [3.05, 3.63) is 0 Å². The minimum absolute atomic E-state index is 0.181. The maximum atomic E-state index is 11.2. The normalized spacial score (nSPS) is 22.8. The molecule has 0 spiro atoms. The van der Waals surface area contributed by atoms with E-state index in [0.717, 1.165) is 17.9 Å². The highest BCUT2D eigenvalue weighted by molar-refractivity contribution is 7.99. The van der Waals surface area contributed by atoms with Gasteiger partial charge in [0.25, 0.3) is 0 Å². The molecule has 0 saturated carbocycles. The third-order valence-corrected chi connectivity index (χ3v) is 3.15. The van der Waals surface area contributed by atoms with Crippen LogP contribution >= 0.6 is 11.8 Å². The van der Waals surface area contributed by atoms with Crippen molar-refractivity contribution in [2.24, 2.45) is 0 Å². The van der Waals surface area contributed by atoms with Gasteiger partial charge in [-0.05, 0) is 19.1 Å². The first-order chi connectivity index (χ1) is 6.59. The van der Waals surface area contributed by atoms with Crippen LogP contribution in [-0.2, 0) is 4.79 Å². The van der Waals surface area contributed by atoms with Crippen LogP contribution < -0.4 is 10.6 Å². The molecule has 0 aromatic heterocycles. The van der Waals surface area contributed by atoms with Gasteiger partial charge in [-0.1, -0.05) is 0 Å². The van der Waals surface area contributed by atoms with Crippen molar-refractivity contribution in [1.82, 2.24) is 10.6 Å². The molecule has 1 aliphatic heterocycles. The van der Waals surface area contributed by atoms with E-state index >= 15 is 0 Å². The van der Waals surface area contributed by atoms with Gasteiger partial charge in [0.2, 0.25) is 0 Å². The first-order valence-corrected chi connectivity index (χ1v) is 5.62. The molecule has 0 aromatic carbocycles. The second-order valence-electron chi connectivity index (χ2n) is 3.24. The molecule has 0 aliphatic carbocycles. The number of carboxylic acids is 1. The number of hydrogen-bond acceptors (Lipinski definition) is 3. The molecule has 80 valence electrons. The van der Waals surface area contributed by atoms with E-state index in [1.54, 1.807) is 11.8 Å². The minimum Gasteiger partial charge on any atom is -0.480 e. The molecule has 1 heterocycles. The van der Waals surface area contributed by atoms with Gasteiger partial charge in [0, 0.05) is 11.8 Å². The highest BCUT2D eigenvalue weighted by Crippen LogP contribution is 2.16. The zero-order valence-electron chi connectivity index (χ0n) is 7.95. The van der Waals surface area contributed by atoms with Crippen LogP contribution in [0.15, 0.2) is 0 Å². The van der Waals surface area contributed by atoms with Crippen molar-refractivity contribution in [3.8, 4) is 0 Å². The summed E-state index contributed by atoms with van der Waals surface area (Å²) in [4.78, 5) is 21.6. The Bertz CT molecular complexity index is 229. The molecule has 2 unspecified atom stereocenters. The average molecular weight is 218 g/mol. The van der Waals surface area contributed by atoms with Crippen molar-refractivity contribution in [1.29, 1.82) is 0 Å². The summed E-state index contributed by atoms with van der Waals surface area (Å²) in [6, 6.07) is -1.06. The zero-order valence-corrected chi connectivity index (χ0v) is 8.76. The highest BCUT2D eigenvalue weighted by atomic mass is 32.2. The van der Waals surface area contributed by atoms with Crippen LogP contribution in [-0.4, -0.2) is 40.7 Å². The van der Waals surface area contributed by atoms with E-state index in [0.29, 0.717) is 0 Å². The van der Waals surface area contributed by atoms with Crippen LogP contribution in [0.25, 0.3) is 0 Å². The van der Waals surface area contributed by atoms with Gasteiger partial charge in [-0.15, -0.1) is 0 Å². The van der Waals surface area contributed by atoms with Gasteiger partial charge < -0.3 is 15.7 Å². The molecular formula is C8H14N2O3S. The molecule has 0 radical (unpaired) electrons. The van der Waals surface area contributed by atoms with E-state index in [9.17, 15) is 9.59 Å². The summed E-state index contributed by atoms with van der Waals surface area (Å²) in [7, 11) is 0. The van der Waals surface area contributed by atoms with E-state index in [1.165, 1.54) is 6.92 Å². The fourth-order valence-corrected chi connectivity index (χ4v) is 2.29. The SMILES string of the molecule is CC(NC(=O)NC1CCSC1)C(=O)O. The third-order valence-electron chi connectivity index (χ3n) is 1.98. The van der Waals surface area contributed by atoms with Crippen molar-refractivity contribution in [3.63, 3.8) is 0 Å². The van der Waals surface area contributed by atoms with Crippen LogP contribution in [0.4, 0.5) is 4.79 Å². The average Bonchev–Trinajstić information content (AvgIpc) is 2.56. The fraction of sp³-hybridized carbons (Fsp3) is 0.750. The molecule has 2 amide bonds. The van der Waals surface area contributed by atoms with Crippen molar-refractivity contribution >= 4 is 23.8 Å². The van der Waals surface area contributed by atoms with E-state index in [1.807, 2.05) is 0 Å². The highest BCUT2D eigenvalue weighted by Gasteiger charge is 2.19.